The van der Waals surface area contributed by atoms with Crippen molar-refractivity contribution in [3.05, 3.63) is 65.6 Å². The smallest absolute Gasteiger partial charge is 0.416 e. The summed E-state index contributed by atoms with van der Waals surface area (Å²) in [5.74, 6) is -0.975. The predicted molar refractivity (Wildman–Crippen MR) is 117 cm³/mol. The highest BCUT2D eigenvalue weighted by molar-refractivity contribution is 5.89. The van der Waals surface area contributed by atoms with E-state index in [1.165, 1.54) is 25.4 Å². The van der Waals surface area contributed by atoms with E-state index in [2.05, 4.69) is 20.3 Å². The minimum atomic E-state index is -1.33. The number of alkyl halides is 1. The van der Waals surface area contributed by atoms with Crippen molar-refractivity contribution < 1.29 is 22.7 Å². The van der Waals surface area contributed by atoms with Crippen LogP contribution in [0, 0.1) is 18.6 Å². The van der Waals surface area contributed by atoms with Gasteiger partial charge in [-0.05, 0) is 56.7 Å². The van der Waals surface area contributed by atoms with Gasteiger partial charge in [0.05, 0.1) is 6.04 Å². The third-order valence-electron chi connectivity index (χ3n) is 5.43. The van der Waals surface area contributed by atoms with Crippen LogP contribution in [-0.2, 0) is 4.74 Å². The Morgan fingerprint density at radius 2 is 1.88 bits per heavy atom. The summed E-state index contributed by atoms with van der Waals surface area (Å²) in [5.41, 5.74) is 1.42. The molecular formula is C23H22F3N5O2. The number of aryl methyl sites for hydroxylation is 1. The van der Waals surface area contributed by atoms with Crippen LogP contribution in [0.1, 0.15) is 31.1 Å². The fourth-order valence-electron chi connectivity index (χ4n) is 3.69. The lowest BCUT2D eigenvalue weighted by molar-refractivity contribution is 0.174. The number of amides is 1. The minimum Gasteiger partial charge on any atom is -0.447 e. The summed E-state index contributed by atoms with van der Waals surface area (Å²) in [7, 11) is 0. The number of cyclic esters (lactones) is 1. The van der Waals surface area contributed by atoms with Crippen molar-refractivity contribution in [2.75, 3.05) is 16.8 Å². The molecule has 0 spiro atoms. The fourth-order valence-corrected chi connectivity index (χ4v) is 3.69. The normalized spacial score (nSPS) is 17.6. The Hall–Kier alpha value is -3.69. The number of ether oxygens (including phenoxy) is 1. The van der Waals surface area contributed by atoms with E-state index >= 15 is 0 Å². The van der Waals surface area contributed by atoms with Crippen molar-refractivity contribution in [3.8, 4) is 11.1 Å². The van der Waals surface area contributed by atoms with E-state index < -0.39 is 36.0 Å². The van der Waals surface area contributed by atoms with E-state index in [0.717, 1.165) is 17.0 Å². The molecule has 7 nitrogen and oxygen atoms in total. The molecule has 2 aromatic heterocycles. The van der Waals surface area contributed by atoms with Gasteiger partial charge in [-0.25, -0.2) is 22.9 Å². The molecular weight excluding hydrogens is 435 g/mol. The van der Waals surface area contributed by atoms with Crippen LogP contribution in [0.2, 0.25) is 0 Å². The number of benzene rings is 1. The van der Waals surface area contributed by atoms with Gasteiger partial charge in [0, 0.05) is 29.2 Å². The van der Waals surface area contributed by atoms with Crippen LogP contribution in [0.4, 0.5) is 29.7 Å². The summed E-state index contributed by atoms with van der Waals surface area (Å²) < 4.78 is 48.6. The number of carbonyl (C=O) groups is 1. The minimum absolute atomic E-state index is 0.0682. The first-order valence-corrected chi connectivity index (χ1v) is 10.4. The standard InChI is InChI=1S/C23H22F3N5O2/c1-12-8-15(4-6-27-12)17-10-18(25)16(9-19(17)26)14(3)29-22-28-7-5-21(30-22)31-20(13(2)24)11-33-23(31)32/h4-10,13-14,20H,11H2,1-3H3,(H,28,29,30)/t13-,14-,20+/m0/s1. The zero-order chi connectivity index (χ0) is 23.7. The van der Waals surface area contributed by atoms with E-state index in [1.807, 2.05) is 0 Å². The number of pyridine rings is 1. The van der Waals surface area contributed by atoms with Gasteiger partial charge in [0.2, 0.25) is 5.95 Å². The number of aromatic nitrogens is 3. The summed E-state index contributed by atoms with van der Waals surface area (Å²) in [6.07, 6.45) is 0.877. The molecule has 172 valence electrons. The van der Waals surface area contributed by atoms with Crippen LogP contribution >= 0.6 is 0 Å². The first-order chi connectivity index (χ1) is 15.7. The van der Waals surface area contributed by atoms with Crippen LogP contribution in [0.15, 0.2) is 42.7 Å². The summed E-state index contributed by atoms with van der Waals surface area (Å²) >= 11 is 0. The summed E-state index contributed by atoms with van der Waals surface area (Å²) in [6, 6.07) is 5.48. The highest BCUT2D eigenvalue weighted by Gasteiger charge is 2.39. The van der Waals surface area contributed by atoms with Gasteiger partial charge in [-0.15, -0.1) is 0 Å². The van der Waals surface area contributed by atoms with Gasteiger partial charge in [-0.2, -0.15) is 4.98 Å². The van der Waals surface area contributed by atoms with E-state index in [1.54, 1.807) is 26.0 Å². The molecule has 3 aromatic rings. The van der Waals surface area contributed by atoms with Crippen molar-refractivity contribution >= 4 is 17.9 Å². The molecule has 3 heterocycles. The van der Waals surface area contributed by atoms with Crippen molar-refractivity contribution in [1.29, 1.82) is 0 Å². The molecule has 1 aliphatic rings. The van der Waals surface area contributed by atoms with Gasteiger partial charge in [0.15, 0.2) is 0 Å². The molecule has 3 atom stereocenters. The van der Waals surface area contributed by atoms with Crippen LogP contribution in [0.25, 0.3) is 11.1 Å². The average Bonchev–Trinajstić information content (AvgIpc) is 3.17. The number of halogens is 3. The fraction of sp³-hybridized carbons (Fsp3) is 0.304. The van der Waals surface area contributed by atoms with Crippen molar-refractivity contribution in [3.63, 3.8) is 0 Å². The average molecular weight is 457 g/mol. The SMILES string of the molecule is Cc1cc(-c2cc(F)c([C@H](C)Nc3nccc(N4C(=O)OC[C@@H]4[C@H](C)F)n3)cc2F)ccn1. The van der Waals surface area contributed by atoms with E-state index in [-0.39, 0.29) is 29.5 Å². The Morgan fingerprint density at radius 3 is 2.61 bits per heavy atom. The summed E-state index contributed by atoms with van der Waals surface area (Å²) in [6.45, 7) is 4.63. The van der Waals surface area contributed by atoms with E-state index in [4.69, 9.17) is 4.74 Å². The maximum absolute atomic E-state index is 14.9. The van der Waals surface area contributed by atoms with Gasteiger partial charge in [0.25, 0.3) is 0 Å². The first-order valence-electron chi connectivity index (χ1n) is 10.4. The number of hydrogen-bond donors (Lipinski definition) is 1. The Kier molecular flexibility index (Phi) is 6.17. The second-order valence-electron chi connectivity index (χ2n) is 7.84. The molecule has 0 bridgehead atoms. The molecule has 0 aliphatic carbocycles. The van der Waals surface area contributed by atoms with Gasteiger partial charge < -0.3 is 10.1 Å². The quantitative estimate of drug-likeness (QED) is 0.562. The zero-order valence-corrected chi connectivity index (χ0v) is 18.2. The van der Waals surface area contributed by atoms with Gasteiger partial charge in [0.1, 0.15) is 36.3 Å². The van der Waals surface area contributed by atoms with E-state index in [9.17, 15) is 18.0 Å². The maximum atomic E-state index is 14.9. The van der Waals surface area contributed by atoms with Crippen LogP contribution in [0.3, 0.4) is 0 Å². The monoisotopic (exact) mass is 457 g/mol. The first kappa shape index (κ1) is 22.5. The molecule has 10 heteroatoms. The third kappa shape index (κ3) is 4.59. The number of nitrogens with zero attached hydrogens (tertiary/aromatic N) is 4. The lowest BCUT2D eigenvalue weighted by Gasteiger charge is -2.22. The number of anilines is 2. The highest BCUT2D eigenvalue weighted by atomic mass is 19.1. The van der Waals surface area contributed by atoms with Crippen molar-refractivity contribution in [2.24, 2.45) is 0 Å². The molecule has 0 radical (unpaired) electrons. The molecule has 1 amide bonds. The molecule has 1 N–H and O–H groups in total. The number of hydrogen-bond acceptors (Lipinski definition) is 6. The largest absolute Gasteiger partial charge is 0.447 e. The van der Waals surface area contributed by atoms with Crippen molar-refractivity contribution in [2.45, 2.75) is 39.0 Å². The molecule has 1 fully saturated rings. The van der Waals surface area contributed by atoms with Crippen LogP contribution in [-0.4, -0.2) is 39.9 Å². The van der Waals surface area contributed by atoms with Gasteiger partial charge >= 0.3 is 6.09 Å². The number of nitrogens with one attached hydrogen (secondary N) is 1. The highest BCUT2D eigenvalue weighted by Crippen LogP contribution is 2.30. The number of rotatable bonds is 6. The molecule has 1 saturated heterocycles. The maximum Gasteiger partial charge on any atom is 0.416 e. The molecule has 0 unspecified atom stereocenters. The molecule has 33 heavy (non-hydrogen) atoms. The summed E-state index contributed by atoms with van der Waals surface area (Å²) in [5, 5.41) is 2.91. The van der Waals surface area contributed by atoms with Gasteiger partial charge in [-0.1, -0.05) is 0 Å². The topological polar surface area (TPSA) is 80.2 Å². The second kappa shape index (κ2) is 9.05. The Morgan fingerprint density at radius 1 is 1.12 bits per heavy atom. The lowest BCUT2D eigenvalue weighted by atomic mass is 10.00. The Bertz CT molecular complexity index is 1190. The second-order valence-corrected chi connectivity index (χ2v) is 7.84. The van der Waals surface area contributed by atoms with Crippen molar-refractivity contribution in [1.82, 2.24) is 15.0 Å². The van der Waals surface area contributed by atoms with Crippen LogP contribution in [0.5, 0.6) is 0 Å². The van der Waals surface area contributed by atoms with Crippen LogP contribution < -0.4 is 10.2 Å². The lowest BCUT2D eigenvalue weighted by Crippen LogP contribution is -2.39. The van der Waals surface area contributed by atoms with E-state index in [0.29, 0.717) is 11.3 Å². The molecule has 0 saturated carbocycles. The zero-order valence-electron chi connectivity index (χ0n) is 18.2. The Labute approximate surface area is 188 Å². The molecule has 1 aliphatic heterocycles. The van der Waals surface area contributed by atoms with Gasteiger partial charge in [-0.3, -0.25) is 9.88 Å². The molecule has 1 aromatic carbocycles. The Balaban J connectivity index is 1.58. The number of carbonyl (C=O) groups excluding carboxylic acids is 1. The predicted octanol–water partition coefficient (Wildman–Crippen LogP) is 4.98. The summed E-state index contributed by atoms with van der Waals surface area (Å²) in [4.78, 5) is 25.6. The molecule has 4 rings (SSSR count). The third-order valence-corrected chi connectivity index (χ3v) is 5.43.